The molecule has 0 aliphatic heterocycles. The summed E-state index contributed by atoms with van der Waals surface area (Å²) in [5.74, 6) is -0.850. The maximum absolute atomic E-state index is 11.8. The lowest BCUT2D eigenvalue weighted by molar-refractivity contribution is 0.162. The number of nitrogens with zero attached hydrogens (tertiary/aromatic N) is 2. The minimum absolute atomic E-state index is 0.844. The number of hydrogen-bond donors (Lipinski definition) is 0. The molecule has 0 bridgehead atoms. The highest BCUT2D eigenvalue weighted by Gasteiger charge is 1.91. The van der Waals surface area contributed by atoms with Crippen LogP contribution < -0.4 is 0 Å². The van der Waals surface area contributed by atoms with Crippen molar-refractivity contribution in [2.45, 2.75) is 13.8 Å². The van der Waals surface area contributed by atoms with E-state index in [1.807, 2.05) is 13.8 Å². The third-order valence-electron chi connectivity index (χ3n) is 1.00. The molecule has 0 spiro atoms. The fraction of sp³-hybridized carbons (Fsp3) is 0.500. The maximum atomic E-state index is 11.8. The van der Waals surface area contributed by atoms with Gasteiger partial charge in [0.15, 0.2) is 0 Å². The predicted octanol–water partition coefficient (Wildman–Crippen LogP) is 1.80. The van der Waals surface area contributed by atoms with Crippen molar-refractivity contribution in [2.75, 3.05) is 13.2 Å². The fourth-order valence-corrected chi connectivity index (χ4v) is 0.519. The van der Waals surface area contributed by atoms with Gasteiger partial charge in [-0.15, -0.1) is 0 Å². The molecule has 0 saturated heterocycles. The Bertz CT molecular complexity index is 214. The third-order valence-corrected chi connectivity index (χ3v) is 1.00. The molecule has 0 radical (unpaired) electrons. The molecule has 0 aliphatic rings. The van der Waals surface area contributed by atoms with E-state index in [-0.39, 0.29) is 0 Å². The zero-order valence-corrected chi connectivity index (χ0v) is 7.63. The number of halogens is 2. The van der Waals surface area contributed by atoms with E-state index in [0.29, 0.717) is 0 Å². The second kappa shape index (κ2) is 7.54. The van der Waals surface area contributed by atoms with Gasteiger partial charge in [0.2, 0.25) is 5.95 Å². The summed E-state index contributed by atoms with van der Waals surface area (Å²) in [6.45, 7) is 5.67. The van der Waals surface area contributed by atoms with Crippen LogP contribution in [0.2, 0.25) is 0 Å². The van der Waals surface area contributed by atoms with Crippen molar-refractivity contribution in [3.05, 3.63) is 24.3 Å². The predicted molar refractivity (Wildman–Crippen MR) is 44.1 cm³/mol. The van der Waals surface area contributed by atoms with Gasteiger partial charge in [-0.05, 0) is 13.8 Å². The summed E-state index contributed by atoms with van der Waals surface area (Å²) in [4.78, 5) is 5.75. The molecule has 3 nitrogen and oxygen atoms in total. The van der Waals surface area contributed by atoms with Gasteiger partial charge >= 0.3 is 6.08 Å². The summed E-state index contributed by atoms with van der Waals surface area (Å²) in [7, 11) is 0. The van der Waals surface area contributed by atoms with Gasteiger partial charge in [0, 0.05) is 25.5 Å². The quantitative estimate of drug-likeness (QED) is 0.527. The molecule has 13 heavy (non-hydrogen) atoms. The summed E-state index contributed by atoms with van der Waals surface area (Å²) in [6.07, 6.45) is -0.0255. The number of ether oxygens (including phenoxy) is 1. The highest BCUT2D eigenvalue weighted by molar-refractivity contribution is 4.80. The van der Waals surface area contributed by atoms with E-state index in [2.05, 4.69) is 9.97 Å². The van der Waals surface area contributed by atoms with Crippen LogP contribution in [0.25, 0.3) is 0 Å². The van der Waals surface area contributed by atoms with Crippen molar-refractivity contribution in [1.29, 1.82) is 0 Å². The van der Waals surface area contributed by atoms with Crippen LogP contribution in [0.3, 0.4) is 0 Å². The lowest BCUT2D eigenvalue weighted by Gasteiger charge is -1.86. The Morgan fingerprint density at radius 1 is 1.31 bits per heavy atom. The molecule has 0 amide bonds. The molecule has 0 unspecified atom stereocenters. The van der Waals surface area contributed by atoms with Gasteiger partial charge in [-0.1, -0.05) is 0 Å². The molecule has 0 atom stereocenters. The molecule has 0 saturated carbocycles. The first kappa shape index (κ1) is 11.9. The number of aromatic nitrogens is 2. The molecule has 74 valence electrons. The van der Waals surface area contributed by atoms with Gasteiger partial charge in [0.25, 0.3) is 0 Å². The largest absolute Gasteiger partial charge is 0.382 e. The summed E-state index contributed by atoms with van der Waals surface area (Å²) in [5, 5.41) is 0. The number of rotatable bonds is 2. The molecule has 0 aliphatic carbocycles. The smallest absolute Gasteiger partial charge is 0.311 e. The zero-order valence-electron chi connectivity index (χ0n) is 7.63. The average molecular weight is 190 g/mol. The second-order valence-electron chi connectivity index (χ2n) is 1.93. The van der Waals surface area contributed by atoms with E-state index in [4.69, 9.17) is 4.74 Å². The Kier molecular flexibility index (Phi) is 6.91. The van der Waals surface area contributed by atoms with Crippen molar-refractivity contribution in [1.82, 2.24) is 9.97 Å². The molecule has 0 aromatic carbocycles. The van der Waals surface area contributed by atoms with Crippen molar-refractivity contribution in [3.8, 4) is 0 Å². The summed E-state index contributed by atoms with van der Waals surface area (Å²) in [6, 6.07) is 0.975. The van der Waals surface area contributed by atoms with Crippen LogP contribution >= 0.6 is 0 Å². The summed E-state index contributed by atoms with van der Waals surface area (Å²) < 4.78 is 28.3. The Labute approximate surface area is 75.8 Å². The Morgan fingerprint density at radius 2 is 1.92 bits per heavy atom. The van der Waals surface area contributed by atoms with E-state index < -0.39 is 12.0 Å². The Balaban J connectivity index is 0.000000252. The molecular weight excluding hydrogens is 178 g/mol. The lowest BCUT2D eigenvalue weighted by atomic mass is 10.7. The zero-order chi connectivity index (χ0) is 10.1. The van der Waals surface area contributed by atoms with Crippen molar-refractivity contribution >= 4 is 0 Å². The summed E-state index contributed by atoms with van der Waals surface area (Å²) >= 11 is 0. The second-order valence-corrected chi connectivity index (χ2v) is 1.93. The molecule has 1 aromatic heterocycles. The van der Waals surface area contributed by atoms with E-state index >= 15 is 0 Å². The van der Waals surface area contributed by atoms with Crippen molar-refractivity contribution in [3.63, 3.8) is 0 Å². The van der Waals surface area contributed by atoms with Crippen LogP contribution in [0, 0.1) is 12.0 Å². The van der Waals surface area contributed by atoms with Crippen LogP contribution in [-0.4, -0.2) is 23.2 Å². The molecule has 0 N–H and O–H groups in total. The lowest BCUT2D eigenvalue weighted by Crippen LogP contribution is -1.89. The molecule has 1 heterocycles. The maximum Gasteiger partial charge on any atom is 0.311 e. The van der Waals surface area contributed by atoms with Gasteiger partial charge in [-0.2, -0.15) is 13.8 Å². The van der Waals surface area contributed by atoms with E-state index in [1.165, 1.54) is 0 Å². The molecule has 1 aromatic rings. The van der Waals surface area contributed by atoms with E-state index in [1.54, 1.807) is 0 Å². The number of hydrogen-bond acceptors (Lipinski definition) is 3. The monoisotopic (exact) mass is 190 g/mol. The van der Waals surface area contributed by atoms with Gasteiger partial charge < -0.3 is 4.74 Å². The van der Waals surface area contributed by atoms with Crippen molar-refractivity contribution < 1.29 is 13.5 Å². The first-order valence-corrected chi connectivity index (χ1v) is 3.92. The van der Waals surface area contributed by atoms with Crippen LogP contribution in [0.4, 0.5) is 8.78 Å². The normalized spacial score (nSPS) is 8.92. The fourth-order valence-electron chi connectivity index (χ4n) is 0.519. The minimum atomic E-state index is -1.04. The minimum Gasteiger partial charge on any atom is -0.382 e. The van der Waals surface area contributed by atoms with E-state index in [9.17, 15) is 8.78 Å². The Morgan fingerprint density at radius 3 is 2.15 bits per heavy atom. The van der Waals surface area contributed by atoms with Crippen LogP contribution in [0.5, 0.6) is 0 Å². The van der Waals surface area contributed by atoms with Gasteiger partial charge in [0.05, 0.1) is 0 Å². The highest BCUT2D eigenvalue weighted by atomic mass is 19.1. The molecule has 1 rings (SSSR count). The van der Waals surface area contributed by atoms with Gasteiger partial charge in [-0.3, -0.25) is 0 Å². The molecule has 5 heteroatoms. The topological polar surface area (TPSA) is 35.0 Å². The van der Waals surface area contributed by atoms with Crippen LogP contribution in [0.15, 0.2) is 12.3 Å². The third kappa shape index (κ3) is 7.27. The summed E-state index contributed by atoms with van der Waals surface area (Å²) in [5.41, 5.74) is 0. The van der Waals surface area contributed by atoms with Crippen LogP contribution in [0.1, 0.15) is 13.8 Å². The first-order chi connectivity index (χ1) is 6.20. The first-order valence-electron chi connectivity index (χ1n) is 3.92. The van der Waals surface area contributed by atoms with Gasteiger partial charge in [0.1, 0.15) is 0 Å². The standard InChI is InChI=1S/C4H2F2N2.C4H10O/c5-3-1-2-7-4(6)8-3;1-3-5-4-2/h1-2H;3-4H2,1-2H3. The highest BCUT2D eigenvalue weighted by Crippen LogP contribution is 1.88. The molecule has 0 fully saturated rings. The molecular formula is C8H12F2N2O. The Hall–Kier alpha value is -1.10. The van der Waals surface area contributed by atoms with E-state index in [0.717, 1.165) is 25.5 Å². The van der Waals surface area contributed by atoms with Gasteiger partial charge in [-0.25, -0.2) is 4.98 Å². The van der Waals surface area contributed by atoms with Crippen LogP contribution in [-0.2, 0) is 4.74 Å². The average Bonchev–Trinajstić information content (AvgIpc) is 2.06. The SMILES string of the molecule is CCOCC.Fc1ccnc(F)n1. The van der Waals surface area contributed by atoms with Crippen molar-refractivity contribution in [2.24, 2.45) is 0 Å².